The Labute approximate surface area is 235 Å². The molecule has 1 amide bonds. The number of carbonyl (C=O) groups is 4. The lowest BCUT2D eigenvalue weighted by molar-refractivity contribution is 0.0644. The molecule has 4 rings (SSSR count). The molecule has 0 radical (unpaired) electrons. The van der Waals surface area contributed by atoms with Crippen LogP contribution in [0.1, 0.15) is 59.0 Å². The molecule has 208 valence electrons. The summed E-state index contributed by atoms with van der Waals surface area (Å²) in [5, 5.41) is 28.8. The molecule has 0 aliphatic rings. The fourth-order valence-electron chi connectivity index (χ4n) is 4.36. The third kappa shape index (κ3) is 7.36. The summed E-state index contributed by atoms with van der Waals surface area (Å²) in [6.07, 6.45) is 1.20. The van der Waals surface area contributed by atoms with Gasteiger partial charge in [-0.05, 0) is 60.4 Å². The number of benzene rings is 4. The van der Waals surface area contributed by atoms with Gasteiger partial charge in [0.15, 0.2) is 0 Å². The Balaban J connectivity index is 1.64. The zero-order valence-electron chi connectivity index (χ0n) is 21.9. The monoisotopic (exact) mass is 553 g/mol. The molecule has 0 fully saturated rings. The van der Waals surface area contributed by atoms with Gasteiger partial charge in [0, 0.05) is 13.1 Å². The lowest BCUT2D eigenvalue weighted by Gasteiger charge is -2.24. The molecule has 0 aromatic heterocycles. The molecular formula is C32H27NO8. The molecule has 4 aromatic rings. The summed E-state index contributed by atoms with van der Waals surface area (Å²) in [7, 11) is 0. The minimum absolute atomic E-state index is 0.0986. The average molecular weight is 554 g/mol. The van der Waals surface area contributed by atoms with Crippen molar-refractivity contribution in [2.75, 3.05) is 6.54 Å². The van der Waals surface area contributed by atoms with E-state index >= 15 is 0 Å². The number of nitrogens with zero attached hydrogens (tertiary/aromatic N) is 1. The number of ether oxygens (including phenoxy) is 1. The number of carbonyl (C=O) groups excluding carboxylic acids is 1. The highest BCUT2D eigenvalue weighted by Gasteiger charge is 2.28. The third-order valence-corrected chi connectivity index (χ3v) is 6.38. The first-order chi connectivity index (χ1) is 19.7. The summed E-state index contributed by atoms with van der Waals surface area (Å²) in [5.41, 5.74) is -0.572. The lowest BCUT2D eigenvalue weighted by atomic mass is 9.96. The summed E-state index contributed by atoms with van der Waals surface area (Å²) in [6, 6.07) is 27.5. The van der Waals surface area contributed by atoms with Crippen LogP contribution in [0.3, 0.4) is 0 Å². The molecule has 0 spiro atoms. The van der Waals surface area contributed by atoms with Crippen LogP contribution in [0.5, 0.6) is 11.5 Å². The van der Waals surface area contributed by atoms with Crippen LogP contribution in [0, 0.1) is 0 Å². The van der Waals surface area contributed by atoms with E-state index in [0.29, 0.717) is 24.3 Å². The van der Waals surface area contributed by atoms with Crippen LogP contribution < -0.4 is 4.74 Å². The molecule has 0 aliphatic heterocycles. The summed E-state index contributed by atoms with van der Waals surface area (Å²) in [5.74, 6) is -4.21. The van der Waals surface area contributed by atoms with Gasteiger partial charge in [-0.15, -0.1) is 0 Å². The summed E-state index contributed by atoms with van der Waals surface area (Å²) < 4.78 is 5.83. The van der Waals surface area contributed by atoms with Crippen LogP contribution in [0.25, 0.3) is 0 Å². The maximum absolute atomic E-state index is 13.8. The van der Waals surface area contributed by atoms with E-state index in [1.165, 1.54) is 4.90 Å². The van der Waals surface area contributed by atoms with Gasteiger partial charge in [-0.3, -0.25) is 4.79 Å². The highest BCUT2D eigenvalue weighted by Crippen LogP contribution is 2.24. The first kappa shape index (κ1) is 28.6. The smallest absolute Gasteiger partial charge is 0.336 e. The Hall–Kier alpha value is -5.44. The van der Waals surface area contributed by atoms with E-state index in [2.05, 4.69) is 0 Å². The molecule has 3 N–H and O–H groups in total. The number of para-hydroxylation sites is 1. The minimum Gasteiger partial charge on any atom is -0.478 e. The quantitative estimate of drug-likeness (QED) is 0.198. The summed E-state index contributed by atoms with van der Waals surface area (Å²) in [4.78, 5) is 50.6. The number of hydrogen-bond acceptors (Lipinski definition) is 5. The van der Waals surface area contributed by atoms with Crippen molar-refractivity contribution < 1.29 is 39.2 Å². The number of aromatic carboxylic acids is 3. The Morgan fingerprint density at radius 3 is 1.63 bits per heavy atom. The molecule has 0 unspecified atom stereocenters. The van der Waals surface area contributed by atoms with E-state index in [-0.39, 0.29) is 13.1 Å². The van der Waals surface area contributed by atoms with Crippen molar-refractivity contribution in [2.24, 2.45) is 0 Å². The average Bonchev–Trinajstić information content (AvgIpc) is 2.97. The number of carboxylic acids is 3. The molecule has 0 aliphatic carbocycles. The van der Waals surface area contributed by atoms with Crippen molar-refractivity contribution in [2.45, 2.75) is 19.4 Å². The maximum atomic E-state index is 13.8. The lowest BCUT2D eigenvalue weighted by Crippen LogP contribution is -2.33. The normalized spacial score (nSPS) is 10.5. The molecule has 9 nitrogen and oxygen atoms in total. The molecule has 9 heteroatoms. The highest BCUT2D eigenvalue weighted by molar-refractivity contribution is 6.10. The predicted octanol–water partition coefficient (Wildman–Crippen LogP) is 5.85. The molecule has 0 saturated heterocycles. The van der Waals surface area contributed by atoms with Crippen LogP contribution in [-0.4, -0.2) is 50.6 Å². The molecule has 0 atom stereocenters. The van der Waals surface area contributed by atoms with Gasteiger partial charge in [-0.25, -0.2) is 14.4 Å². The number of hydrogen-bond donors (Lipinski definition) is 3. The largest absolute Gasteiger partial charge is 0.478 e. The zero-order chi connectivity index (χ0) is 29.4. The van der Waals surface area contributed by atoms with Crippen LogP contribution >= 0.6 is 0 Å². The van der Waals surface area contributed by atoms with E-state index in [1.807, 2.05) is 60.7 Å². The molecule has 0 bridgehead atoms. The van der Waals surface area contributed by atoms with Gasteiger partial charge in [0.25, 0.3) is 5.91 Å². The second-order valence-corrected chi connectivity index (χ2v) is 9.23. The number of aryl methyl sites for hydroxylation is 1. The van der Waals surface area contributed by atoms with E-state index < -0.39 is 46.1 Å². The predicted molar refractivity (Wildman–Crippen MR) is 150 cm³/mol. The first-order valence-electron chi connectivity index (χ1n) is 12.8. The minimum atomic E-state index is -1.61. The van der Waals surface area contributed by atoms with Crippen molar-refractivity contribution in [1.82, 2.24) is 4.90 Å². The molecule has 41 heavy (non-hydrogen) atoms. The van der Waals surface area contributed by atoms with Crippen LogP contribution in [-0.2, 0) is 13.0 Å². The van der Waals surface area contributed by atoms with Crippen molar-refractivity contribution in [1.29, 1.82) is 0 Å². The Morgan fingerprint density at radius 1 is 0.585 bits per heavy atom. The fraction of sp³-hybridized carbons (Fsp3) is 0.125. The Bertz CT molecular complexity index is 1550. The summed E-state index contributed by atoms with van der Waals surface area (Å²) in [6.45, 7) is 0.333. The zero-order valence-corrected chi connectivity index (χ0v) is 21.9. The third-order valence-electron chi connectivity index (χ3n) is 6.38. The molecule has 4 aromatic carbocycles. The maximum Gasteiger partial charge on any atom is 0.336 e. The molecule has 0 saturated carbocycles. The van der Waals surface area contributed by atoms with Crippen molar-refractivity contribution in [3.8, 4) is 11.5 Å². The van der Waals surface area contributed by atoms with Gasteiger partial charge in [-0.1, -0.05) is 60.7 Å². The van der Waals surface area contributed by atoms with Gasteiger partial charge in [0.05, 0.1) is 22.3 Å². The first-order valence-corrected chi connectivity index (χ1v) is 12.8. The number of rotatable bonds is 12. The summed E-state index contributed by atoms with van der Waals surface area (Å²) >= 11 is 0. The topological polar surface area (TPSA) is 141 Å². The van der Waals surface area contributed by atoms with Crippen molar-refractivity contribution in [3.63, 3.8) is 0 Å². The van der Waals surface area contributed by atoms with E-state index in [4.69, 9.17) is 4.74 Å². The van der Waals surface area contributed by atoms with E-state index in [1.54, 1.807) is 24.3 Å². The Morgan fingerprint density at radius 2 is 1.07 bits per heavy atom. The van der Waals surface area contributed by atoms with Gasteiger partial charge in [-0.2, -0.15) is 0 Å². The fourth-order valence-corrected chi connectivity index (χ4v) is 4.36. The van der Waals surface area contributed by atoms with Crippen LogP contribution in [0.4, 0.5) is 0 Å². The standard InChI is InChI=1S/C32H27NO8/c34-29(25-18-27(31(37)38)28(32(39)40)19-26(25)30(35)36)33(17-7-10-21-8-3-1-4-9-21)20-22-13-15-24(16-14-22)41-23-11-5-2-6-12-23/h1-6,8-9,11-16,18-19H,7,10,17,20H2,(H,35,36)(H,37,38)(H,39,40). The van der Waals surface area contributed by atoms with Gasteiger partial charge >= 0.3 is 17.9 Å². The number of carboxylic acid groups (broad SMARTS) is 3. The SMILES string of the molecule is O=C(O)c1cc(C(=O)O)c(C(=O)N(CCCc2ccccc2)Cc2ccc(Oc3ccccc3)cc2)cc1C(=O)O. The van der Waals surface area contributed by atoms with Crippen molar-refractivity contribution >= 4 is 23.8 Å². The van der Waals surface area contributed by atoms with E-state index in [9.17, 15) is 34.5 Å². The van der Waals surface area contributed by atoms with Gasteiger partial charge in [0.1, 0.15) is 11.5 Å². The Kier molecular flexibility index (Phi) is 9.11. The van der Waals surface area contributed by atoms with Crippen LogP contribution in [0.2, 0.25) is 0 Å². The van der Waals surface area contributed by atoms with Gasteiger partial charge in [0.2, 0.25) is 0 Å². The number of amides is 1. The van der Waals surface area contributed by atoms with Crippen LogP contribution in [0.15, 0.2) is 97.1 Å². The van der Waals surface area contributed by atoms with Gasteiger partial charge < -0.3 is 25.0 Å². The molecular weight excluding hydrogens is 526 g/mol. The second-order valence-electron chi connectivity index (χ2n) is 9.23. The second kappa shape index (κ2) is 13.1. The molecule has 0 heterocycles. The highest BCUT2D eigenvalue weighted by atomic mass is 16.5. The van der Waals surface area contributed by atoms with E-state index in [0.717, 1.165) is 23.3 Å². The van der Waals surface area contributed by atoms with Crippen molar-refractivity contribution in [3.05, 3.63) is 130 Å².